The van der Waals surface area contributed by atoms with Crippen LogP contribution in [0.4, 0.5) is 0 Å². The van der Waals surface area contributed by atoms with Crippen molar-refractivity contribution in [1.82, 2.24) is 0 Å². The molecular weight excluding hydrogens is 679 g/mol. The van der Waals surface area contributed by atoms with Crippen LogP contribution >= 0.6 is 132 Å². The molecule has 0 amide bonds. The predicted molar refractivity (Wildman–Crippen MR) is 155 cm³/mol. The molecule has 22 heavy (non-hydrogen) atoms. The second kappa shape index (κ2) is 16.8. The van der Waals surface area contributed by atoms with Crippen molar-refractivity contribution >= 4 is 148 Å². The summed E-state index contributed by atoms with van der Waals surface area (Å²) in [6.07, 6.45) is 1.71. The molecule has 0 saturated carbocycles. The SMILES string of the molecule is CS(=O)(=O)N=C=O.PPP(P(P)P)P(I)P(P(P)P)P(P)P. The molecule has 0 spiro atoms. The van der Waals surface area contributed by atoms with Crippen molar-refractivity contribution in [3.05, 3.63) is 0 Å². The zero-order valence-corrected chi connectivity index (χ0v) is 28.6. The summed E-state index contributed by atoms with van der Waals surface area (Å²) in [6, 6.07) is 0. The van der Waals surface area contributed by atoms with Gasteiger partial charge in [0, 0.05) is 11.9 Å². The van der Waals surface area contributed by atoms with E-state index < -0.39 is 10.0 Å². The van der Waals surface area contributed by atoms with Crippen LogP contribution in [0.25, 0.3) is 0 Å². The molecule has 4 nitrogen and oxygen atoms in total. The number of nitrogens with zero attached hydrogens (tertiary/aromatic N) is 1. The summed E-state index contributed by atoms with van der Waals surface area (Å²) < 4.78 is 22.0. The van der Waals surface area contributed by atoms with E-state index in [1.807, 2.05) is 0 Å². The molecule has 0 radical (unpaired) electrons. The van der Waals surface area contributed by atoms with Crippen molar-refractivity contribution in [1.29, 1.82) is 0 Å². The lowest BCUT2D eigenvalue weighted by atomic mass is 11.7. The van der Waals surface area contributed by atoms with Gasteiger partial charge < -0.3 is 0 Å². The highest BCUT2D eigenvalue weighted by Gasteiger charge is 2.32. The zero-order valence-electron chi connectivity index (χ0n) is 11.2. The molecule has 0 saturated heterocycles. The molecular formula is C2H18INO3P14S. The molecule has 10 atom stereocenters. The number of hydrogen-bond donors (Lipinski definition) is 0. The smallest absolute Gasteiger partial charge is 0.210 e. The molecule has 0 aromatic carbocycles. The summed E-state index contributed by atoms with van der Waals surface area (Å²) in [5, 5.41) is 0. The minimum Gasteiger partial charge on any atom is -0.210 e. The van der Waals surface area contributed by atoms with E-state index in [2.05, 4.69) is 88.9 Å². The summed E-state index contributed by atoms with van der Waals surface area (Å²) in [5.41, 5.74) is 0. The molecule has 10 unspecified atom stereocenters. The van der Waals surface area contributed by atoms with Gasteiger partial charge in [0.2, 0.25) is 0 Å². The van der Waals surface area contributed by atoms with Gasteiger partial charge in [-0.25, -0.2) is 13.2 Å². The summed E-state index contributed by atoms with van der Waals surface area (Å²) in [7, 11) is 19.0. The van der Waals surface area contributed by atoms with Crippen molar-refractivity contribution in [2.75, 3.05) is 6.26 Å². The largest absolute Gasteiger partial charge is 0.260 e. The second-order valence-corrected chi connectivity index (χ2v) is 63.4. The second-order valence-electron chi connectivity index (χ2n) is 2.98. The Hall–Kier alpha value is 6.08. The fourth-order valence-corrected chi connectivity index (χ4v) is 179. The number of isocyanates is 1. The minimum absolute atomic E-state index is 0.104. The van der Waals surface area contributed by atoms with Crippen molar-refractivity contribution in [3.8, 4) is 0 Å². The third-order valence-electron chi connectivity index (χ3n) is 1.25. The van der Waals surface area contributed by atoms with Crippen LogP contribution in [0.15, 0.2) is 4.40 Å². The molecule has 0 aliphatic carbocycles. The highest BCUT2D eigenvalue weighted by Crippen LogP contribution is 3.20. The maximum absolute atomic E-state index is 9.80. The van der Waals surface area contributed by atoms with Gasteiger partial charge in [0.1, 0.15) is 0 Å². The standard InChI is InChI=1S/C2H3NO3S.H15IP14/c1-7(5,6)3-2-4;1-10(14(9-2)11(3)4)15(12(5)6)13(7)8/h1H3;9H,2-8H2. The molecule has 0 N–H and O–H groups in total. The van der Waals surface area contributed by atoms with E-state index in [4.69, 9.17) is 4.79 Å². The highest BCUT2D eigenvalue weighted by molar-refractivity contribution is 14.2. The van der Waals surface area contributed by atoms with Gasteiger partial charge >= 0.3 is 0 Å². The van der Waals surface area contributed by atoms with Crippen molar-refractivity contribution in [2.24, 2.45) is 4.40 Å². The number of sulfonamides is 1. The van der Waals surface area contributed by atoms with Crippen LogP contribution < -0.4 is 0 Å². The first-order valence-corrected chi connectivity index (χ1v) is 34.2. The summed E-state index contributed by atoms with van der Waals surface area (Å²) in [5.74, 6) is 0. The Morgan fingerprint density at radius 3 is 1.59 bits per heavy atom. The van der Waals surface area contributed by atoms with Gasteiger partial charge in [0.25, 0.3) is 16.1 Å². The number of halogens is 1. The maximum Gasteiger partial charge on any atom is 0.260 e. The quantitative estimate of drug-likeness (QED) is 0.117. The molecule has 0 aliphatic rings. The van der Waals surface area contributed by atoms with Crippen LogP contribution in [-0.2, 0) is 14.8 Å². The molecule has 132 valence electrons. The first-order valence-electron chi connectivity index (χ1n) is 4.58. The number of hydrogen-bond acceptors (Lipinski definition) is 3. The van der Waals surface area contributed by atoms with E-state index in [0.717, 1.165) is 20.3 Å². The van der Waals surface area contributed by atoms with Crippen LogP contribution in [-0.4, -0.2) is 20.8 Å². The zero-order chi connectivity index (χ0) is 18.1. The van der Waals surface area contributed by atoms with Gasteiger partial charge in [-0.2, -0.15) is 0 Å². The highest BCUT2D eigenvalue weighted by atomic mass is 127. The van der Waals surface area contributed by atoms with Crippen LogP contribution in [0, 0.1) is 0 Å². The Balaban J connectivity index is 0. The van der Waals surface area contributed by atoms with Gasteiger partial charge in [-0.15, -0.1) is 62.5 Å². The van der Waals surface area contributed by atoms with Crippen LogP contribution in [0.1, 0.15) is 0 Å². The summed E-state index contributed by atoms with van der Waals surface area (Å²) in [4.78, 5) is 9.38. The fraction of sp³-hybridized carbons (Fsp3) is 0.500. The van der Waals surface area contributed by atoms with Gasteiger partial charge in [-0.1, -0.05) is 12.4 Å². The van der Waals surface area contributed by atoms with E-state index in [1.165, 1.54) is 0 Å². The van der Waals surface area contributed by atoms with Gasteiger partial charge in [0.15, 0.2) is 0 Å². The van der Waals surface area contributed by atoms with Gasteiger partial charge in [-0.3, -0.25) is 0 Å². The molecule has 0 bridgehead atoms. The topological polar surface area (TPSA) is 63.6 Å². The Morgan fingerprint density at radius 1 is 1.05 bits per heavy atom. The lowest BCUT2D eigenvalue weighted by Crippen LogP contribution is -1.86. The van der Waals surface area contributed by atoms with Crippen LogP contribution in [0.5, 0.6) is 0 Å². The number of rotatable bonds is 7. The van der Waals surface area contributed by atoms with Crippen molar-refractivity contribution in [3.63, 3.8) is 0 Å². The Labute approximate surface area is 170 Å². The summed E-state index contributed by atoms with van der Waals surface area (Å²) >= 11 is 2.80. The first-order chi connectivity index (χ1) is 9.88. The Kier molecular flexibility index (Phi) is 23.2. The lowest BCUT2D eigenvalue weighted by Gasteiger charge is -2.35. The van der Waals surface area contributed by atoms with Crippen molar-refractivity contribution in [2.45, 2.75) is 0 Å². The predicted octanol–water partition coefficient (Wildman–Crippen LogP) is 8.21. The van der Waals surface area contributed by atoms with E-state index in [1.54, 1.807) is 0 Å². The third-order valence-corrected chi connectivity index (χ3v) is 99.7. The maximum atomic E-state index is 9.80. The molecule has 0 rings (SSSR count). The average Bonchev–Trinajstić information content (AvgIpc) is 2.26. The average molecular weight is 697 g/mol. The normalized spacial score (nSPS) is 15.1. The Bertz CT molecular complexity index is 441. The molecule has 0 aromatic heterocycles. The van der Waals surface area contributed by atoms with E-state index in [0.29, 0.717) is 0 Å². The molecule has 20 heteroatoms. The fourth-order valence-electron chi connectivity index (χ4n) is 0.633. The minimum atomic E-state index is -3.47. The monoisotopic (exact) mass is 697 g/mol. The lowest BCUT2D eigenvalue weighted by molar-refractivity contribution is 0.564. The molecule has 0 fully saturated rings. The molecule has 0 heterocycles. The molecule has 0 aromatic rings. The first kappa shape index (κ1) is 30.3. The van der Waals surface area contributed by atoms with Crippen molar-refractivity contribution < 1.29 is 13.2 Å². The van der Waals surface area contributed by atoms with Gasteiger partial charge in [-0.05, 0) is 50.0 Å². The van der Waals surface area contributed by atoms with E-state index in [9.17, 15) is 8.42 Å². The van der Waals surface area contributed by atoms with E-state index >= 15 is 0 Å². The Morgan fingerprint density at radius 2 is 1.45 bits per heavy atom. The molecule has 0 aliphatic heterocycles. The van der Waals surface area contributed by atoms with Crippen LogP contribution in [0.2, 0.25) is 0 Å². The van der Waals surface area contributed by atoms with E-state index in [-0.39, 0.29) is 39.9 Å². The summed E-state index contributed by atoms with van der Waals surface area (Å²) in [6.45, 7) is 0.819. The number of carbonyl (C=O) groups excluding carboxylic acids is 1. The third kappa shape index (κ3) is 15.9. The van der Waals surface area contributed by atoms with Gasteiger partial charge in [0.05, 0.1) is 6.26 Å². The van der Waals surface area contributed by atoms with Crippen LogP contribution in [0.3, 0.4) is 0 Å².